The molecule has 1 atom stereocenters. The van der Waals surface area contributed by atoms with Gasteiger partial charge in [0.05, 0.1) is 11.1 Å². The average molecular weight is 396 g/mol. The fourth-order valence-corrected chi connectivity index (χ4v) is 4.00. The molecule has 0 N–H and O–H groups in total. The SMILES string of the molecule is CC(C)C(c1cccc(C(F)(F)F)c1)(c1ccc2ncccc2c1)n1cncn1. The molecule has 0 fully saturated rings. The number of nitrogens with zero attached hydrogens (tertiary/aromatic N) is 4. The van der Waals surface area contributed by atoms with E-state index in [2.05, 4.69) is 15.1 Å². The van der Waals surface area contributed by atoms with Crippen molar-refractivity contribution in [2.24, 2.45) is 5.92 Å². The lowest BCUT2D eigenvalue weighted by atomic mass is 9.74. The van der Waals surface area contributed by atoms with Crippen molar-refractivity contribution >= 4 is 10.9 Å². The van der Waals surface area contributed by atoms with Gasteiger partial charge in [-0.25, -0.2) is 9.67 Å². The van der Waals surface area contributed by atoms with E-state index < -0.39 is 17.3 Å². The van der Waals surface area contributed by atoms with E-state index >= 15 is 0 Å². The Morgan fingerprint density at radius 3 is 2.34 bits per heavy atom. The molecule has 0 amide bonds. The van der Waals surface area contributed by atoms with Crippen LogP contribution in [0.3, 0.4) is 0 Å². The Morgan fingerprint density at radius 2 is 1.66 bits per heavy atom. The lowest BCUT2D eigenvalue weighted by molar-refractivity contribution is -0.137. The summed E-state index contributed by atoms with van der Waals surface area (Å²) in [5, 5.41) is 5.25. The van der Waals surface area contributed by atoms with Crippen molar-refractivity contribution in [2.45, 2.75) is 25.6 Å². The van der Waals surface area contributed by atoms with E-state index in [1.165, 1.54) is 18.5 Å². The van der Waals surface area contributed by atoms with Gasteiger partial charge in [-0.05, 0) is 47.4 Å². The van der Waals surface area contributed by atoms with Crippen LogP contribution in [0.4, 0.5) is 13.2 Å². The van der Waals surface area contributed by atoms with Crippen LogP contribution in [0, 0.1) is 5.92 Å². The number of pyridine rings is 1. The van der Waals surface area contributed by atoms with E-state index in [0.717, 1.165) is 22.5 Å². The summed E-state index contributed by atoms with van der Waals surface area (Å²) >= 11 is 0. The van der Waals surface area contributed by atoms with Gasteiger partial charge in [0, 0.05) is 11.6 Å². The summed E-state index contributed by atoms with van der Waals surface area (Å²) in [7, 11) is 0. The molecule has 4 aromatic rings. The monoisotopic (exact) mass is 396 g/mol. The summed E-state index contributed by atoms with van der Waals surface area (Å²) in [4.78, 5) is 8.42. The number of halogens is 3. The quantitative estimate of drug-likeness (QED) is 0.471. The second-order valence-electron chi connectivity index (χ2n) is 7.25. The van der Waals surface area contributed by atoms with Crippen LogP contribution in [-0.2, 0) is 11.7 Å². The maximum absolute atomic E-state index is 13.5. The first-order valence-electron chi connectivity index (χ1n) is 9.21. The van der Waals surface area contributed by atoms with Crippen LogP contribution in [0.25, 0.3) is 10.9 Å². The third kappa shape index (κ3) is 3.16. The molecule has 1 unspecified atom stereocenters. The molecule has 4 rings (SSSR count). The molecular formula is C22H19F3N4. The Labute approximate surface area is 166 Å². The highest BCUT2D eigenvalue weighted by Gasteiger charge is 2.42. The number of fused-ring (bicyclic) bond motifs is 1. The highest BCUT2D eigenvalue weighted by Crippen LogP contribution is 2.42. The summed E-state index contributed by atoms with van der Waals surface area (Å²) in [5.74, 6) is -0.123. The Bertz CT molecular complexity index is 1140. The molecule has 29 heavy (non-hydrogen) atoms. The minimum atomic E-state index is -4.44. The van der Waals surface area contributed by atoms with Crippen LogP contribution >= 0.6 is 0 Å². The minimum absolute atomic E-state index is 0.123. The van der Waals surface area contributed by atoms with Gasteiger partial charge in [0.1, 0.15) is 18.2 Å². The van der Waals surface area contributed by atoms with E-state index in [4.69, 9.17) is 0 Å². The molecule has 0 bridgehead atoms. The molecule has 0 spiro atoms. The zero-order valence-corrected chi connectivity index (χ0v) is 15.9. The van der Waals surface area contributed by atoms with Gasteiger partial charge in [0.25, 0.3) is 0 Å². The number of rotatable bonds is 4. The van der Waals surface area contributed by atoms with Gasteiger partial charge in [-0.15, -0.1) is 0 Å². The van der Waals surface area contributed by atoms with Crippen molar-refractivity contribution in [3.05, 3.63) is 90.1 Å². The van der Waals surface area contributed by atoms with Crippen molar-refractivity contribution < 1.29 is 13.2 Å². The summed E-state index contributed by atoms with van der Waals surface area (Å²) < 4.78 is 42.0. The van der Waals surface area contributed by atoms with E-state index in [-0.39, 0.29) is 5.92 Å². The van der Waals surface area contributed by atoms with Crippen molar-refractivity contribution in [3.8, 4) is 0 Å². The fraction of sp³-hybridized carbons (Fsp3) is 0.227. The van der Waals surface area contributed by atoms with Gasteiger partial charge in [-0.3, -0.25) is 4.98 Å². The van der Waals surface area contributed by atoms with Crippen LogP contribution in [0.2, 0.25) is 0 Å². The molecule has 4 nitrogen and oxygen atoms in total. The molecule has 0 aliphatic heterocycles. The first-order chi connectivity index (χ1) is 13.8. The second kappa shape index (κ2) is 6.99. The molecule has 0 radical (unpaired) electrons. The number of aromatic nitrogens is 4. The van der Waals surface area contributed by atoms with Crippen LogP contribution < -0.4 is 0 Å². The largest absolute Gasteiger partial charge is 0.416 e. The molecule has 0 aliphatic carbocycles. The minimum Gasteiger partial charge on any atom is -0.256 e. The molecule has 0 saturated carbocycles. The Morgan fingerprint density at radius 1 is 0.897 bits per heavy atom. The molecule has 0 aliphatic rings. The standard InChI is InChI=1S/C22H19F3N4/c1-15(2)21(29-14-26-13-28-29,17-6-3-7-19(12-17)22(23,24)25)18-8-9-20-16(11-18)5-4-10-27-20/h3-15H,1-2H3. The average Bonchev–Trinajstić information content (AvgIpc) is 3.23. The highest BCUT2D eigenvalue weighted by atomic mass is 19.4. The van der Waals surface area contributed by atoms with Gasteiger partial charge in [0.15, 0.2) is 0 Å². The van der Waals surface area contributed by atoms with Gasteiger partial charge in [-0.2, -0.15) is 18.3 Å². The van der Waals surface area contributed by atoms with Crippen LogP contribution in [0.1, 0.15) is 30.5 Å². The lowest BCUT2D eigenvalue weighted by Crippen LogP contribution is -2.42. The van der Waals surface area contributed by atoms with Crippen molar-refractivity contribution in [1.82, 2.24) is 19.7 Å². The zero-order valence-electron chi connectivity index (χ0n) is 15.9. The summed E-state index contributed by atoms with van der Waals surface area (Å²) in [6.07, 6.45) is 0.220. The number of alkyl halides is 3. The highest BCUT2D eigenvalue weighted by molar-refractivity contribution is 5.79. The summed E-state index contributed by atoms with van der Waals surface area (Å²) in [5.41, 5.74) is 0.468. The molecule has 2 aromatic heterocycles. The fourth-order valence-electron chi connectivity index (χ4n) is 4.00. The first-order valence-corrected chi connectivity index (χ1v) is 9.21. The maximum atomic E-state index is 13.5. The Balaban J connectivity index is 2.05. The molecule has 2 aromatic carbocycles. The van der Waals surface area contributed by atoms with Crippen molar-refractivity contribution in [3.63, 3.8) is 0 Å². The van der Waals surface area contributed by atoms with E-state index in [1.807, 2.05) is 44.2 Å². The lowest BCUT2D eigenvalue weighted by Gasteiger charge is -2.39. The smallest absolute Gasteiger partial charge is 0.256 e. The molecule has 148 valence electrons. The second-order valence-corrected chi connectivity index (χ2v) is 7.25. The third-order valence-electron chi connectivity index (χ3n) is 5.29. The molecular weight excluding hydrogens is 377 g/mol. The van der Waals surface area contributed by atoms with Gasteiger partial charge >= 0.3 is 6.18 Å². The topological polar surface area (TPSA) is 43.6 Å². The van der Waals surface area contributed by atoms with Gasteiger partial charge in [0.2, 0.25) is 0 Å². The van der Waals surface area contributed by atoms with E-state index in [0.29, 0.717) is 5.56 Å². The Hall–Kier alpha value is -3.22. The van der Waals surface area contributed by atoms with Gasteiger partial charge in [-0.1, -0.05) is 38.1 Å². The Kier molecular flexibility index (Phi) is 4.61. The van der Waals surface area contributed by atoms with E-state index in [9.17, 15) is 13.2 Å². The normalized spacial score (nSPS) is 14.3. The van der Waals surface area contributed by atoms with Crippen LogP contribution in [-0.4, -0.2) is 19.7 Å². The molecule has 2 heterocycles. The maximum Gasteiger partial charge on any atom is 0.416 e. The van der Waals surface area contributed by atoms with Crippen LogP contribution in [0.5, 0.6) is 0 Å². The number of hydrogen-bond donors (Lipinski definition) is 0. The third-order valence-corrected chi connectivity index (χ3v) is 5.29. The summed E-state index contributed by atoms with van der Waals surface area (Å²) in [6, 6.07) is 15.0. The number of benzene rings is 2. The van der Waals surface area contributed by atoms with E-state index in [1.54, 1.807) is 23.3 Å². The summed E-state index contributed by atoms with van der Waals surface area (Å²) in [6.45, 7) is 3.94. The van der Waals surface area contributed by atoms with Crippen LogP contribution in [0.15, 0.2) is 73.4 Å². The van der Waals surface area contributed by atoms with Crippen molar-refractivity contribution in [2.75, 3.05) is 0 Å². The number of hydrogen-bond acceptors (Lipinski definition) is 3. The molecule has 0 saturated heterocycles. The predicted molar refractivity (Wildman–Crippen MR) is 104 cm³/mol. The predicted octanol–water partition coefficient (Wildman–Crippen LogP) is 5.29. The van der Waals surface area contributed by atoms with Crippen molar-refractivity contribution in [1.29, 1.82) is 0 Å². The zero-order chi connectivity index (χ0) is 20.6. The molecule has 7 heteroatoms. The first kappa shape index (κ1) is 19.1. The van der Waals surface area contributed by atoms with Gasteiger partial charge < -0.3 is 0 Å².